The third-order valence-corrected chi connectivity index (χ3v) is 4.15. The van der Waals surface area contributed by atoms with E-state index in [4.69, 9.17) is 16.3 Å². The monoisotopic (exact) mass is 403 g/mol. The van der Waals surface area contributed by atoms with Crippen molar-refractivity contribution in [3.63, 3.8) is 0 Å². The Morgan fingerprint density at radius 1 is 1.26 bits per heavy atom. The number of hydrogen-bond acceptors (Lipinski definition) is 4. The Bertz CT molecular complexity index is 827. The van der Waals surface area contributed by atoms with Crippen LogP contribution in [-0.4, -0.2) is 18.4 Å². The Balaban J connectivity index is 2.36. The molecule has 0 heterocycles. The highest BCUT2D eigenvalue weighted by atomic mass is 35.5. The van der Waals surface area contributed by atoms with Crippen molar-refractivity contribution in [2.45, 2.75) is 26.1 Å². The minimum atomic E-state index is -4.60. The van der Waals surface area contributed by atoms with Gasteiger partial charge in [-0.05, 0) is 36.2 Å². The highest BCUT2D eigenvalue weighted by molar-refractivity contribution is 6.31. The van der Waals surface area contributed by atoms with Crippen LogP contribution in [0.5, 0.6) is 5.75 Å². The number of hydrogen-bond donors (Lipinski definition) is 1. The standard InChI is InChI=1S/C18H17ClF3NO4/c1-3-11-7-8-16(13(9-11)18(20,21)22)27-10-12-14(19)5-4-6-15(12)23(25)17(24)26-2/h4-9,25H,3,10H2,1-2H3. The minimum Gasteiger partial charge on any atom is -0.488 e. The summed E-state index contributed by atoms with van der Waals surface area (Å²) >= 11 is 6.07. The van der Waals surface area contributed by atoms with Crippen molar-refractivity contribution in [3.8, 4) is 5.75 Å². The number of amides is 1. The van der Waals surface area contributed by atoms with Crippen molar-refractivity contribution in [2.75, 3.05) is 12.2 Å². The van der Waals surface area contributed by atoms with Gasteiger partial charge in [0.25, 0.3) is 0 Å². The molecule has 1 amide bonds. The molecule has 0 radical (unpaired) electrons. The molecule has 2 aromatic carbocycles. The van der Waals surface area contributed by atoms with Gasteiger partial charge in [-0.3, -0.25) is 5.21 Å². The van der Waals surface area contributed by atoms with Crippen molar-refractivity contribution < 1.29 is 32.6 Å². The molecule has 0 saturated carbocycles. The van der Waals surface area contributed by atoms with Crippen molar-refractivity contribution in [2.24, 2.45) is 0 Å². The number of methoxy groups -OCH3 is 1. The lowest BCUT2D eigenvalue weighted by atomic mass is 10.1. The molecule has 0 bridgehead atoms. The molecule has 0 aliphatic heterocycles. The second-order valence-corrected chi connectivity index (χ2v) is 5.90. The van der Waals surface area contributed by atoms with Crippen LogP contribution < -0.4 is 9.80 Å². The van der Waals surface area contributed by atoms with E-state index in [0.29, 0.717) is 12.0 Å². The predicted octanol–water partition coefficient (Wildman–Crippen LogP) is 5.46. The molecule has 0 fully saturated rings. The van der Waals surface area contributed by atoms with Crippen LogP contribution in [0.2, 0.25) is 5.02 Å². The summed E-state index contributed by atoms with van der Waals surface area (Å²) in [6, 6.07) is 8.06. The maximum Gasteiger partial charge on any atom is 0.438 e. The molecule has 27 heavy (non-hydrogen) atoms. The number of aryl methyl sites for hydroxylation is 1. The van der Waals surface area contributed by atoms with Crippen LogP contribution in [0.3, 0.4) is 0 Å². The van der Waals surface area contributed by atoms with Crippen LogP contribution >= 0.6 is 11.6 Å². The fraction of sp³-hybridized carbons (Fsp3) is 0.278. The molecule has 146 valence electrons. The number of halogens is 4. The van der Waals surface area contributed by atoms with E-state index in [2.05, 4.69) is 4.74 Å². The van der Waals surface area contributed by atoms with Crippen LogP contribution in [0, 0.1) is 0 Å². The van der Waals surface area contributed by atoms with E-state index in [-0.39, 0.29) is 27.1 Å². The first kappa shape index (κ1) is 20.9. The minimum absolute atomic E-state index is 0.0620. The van der Waals surface area contributed by atoms with Crippen molar-refractivity contribution in [1.82, 2.24) is 0 Å². The number of alkyl halides is 3. The topological polar surface area (TPSA) is 59.0 Å². The third-order valence-electron chi connectivity index (χ3n) is 3.80. The maximum atomic E-state index is 13.3. The Morgan fingerprint density at radius 3 is 2.56 bits per heavy atom. The number of ether oxygens (including phenoxy) is 2. The Kier molecular flexibility index (Phi) is 6.56. The molecule has 9 heteroatoms. The first-order chi connectivity index (χ1) is 12.7. The van der Waals surface area contributed by atoms with E-state index >= 15 is 0 Å². The summed E-state index contributed by atoms with van der Waals surface area (Å²) < 4.78 is 49.7. The molecule has 5 nitrogen and oxygen atoms in total. The molecule has 0 spiro atoms. The largest absolute Gasteiger partial charge is 0.488 e. The van der Waals surface area contributed by atoms with Crippen LogP contribution in [0.15, 0.2) is 36.4 Å². The second-order valence-electron chi connectivity index (χ2n) is 5.49. The zero-order chi connectivity index (χ0) is 20.2. The molecule has 0 unspecified atom stereocenters. The van der Waals surface area contributed by atoms with Gasteiger partial charge in [0.2, 0.25) is 0 Å². The van der Waals surface area contributed by atoms with E-state index < -0.39 is 24.4 Å². The van der Waals surface area contributed by atoms with Gasteiger partial charge in [0, 0.05) is 10.6 Å². The lowest BCUT2D eigenvalue weighted by Crippen LogP contribution is -2.28. The summed E-state index contributed by atoms with van der Waals surface area (Å²) in [5.41, 5.74) is -0.336. The summed E-state index contributed by atoms with van der Waals surface area (Å²) in [5.74, 6) is -0.381. The van der Waals surface area contributed by atoms with Crippen molar-refractivity contribution in [1.29, 1.82) is 0 Å². The number of hydroxylamine groups is 1. The van der Waals surface area contributed by atoms with Gasteiger partial charge in [-0.25, -0.2) is 4.79 Å². The van der Waals surface area contributed by atoms with E-state index in [9.17, 15) is 23.2 Å². The fourth-order valence-electron chi connectivity index (χ4n) is 2.37. The Labute approximate surface area is 158 Å². The number of carbonyl (C=O) groups excluding carboxylic acids is 1. The fourth-order valence-corrected chi connectivity index (χ4v) is 2.59. The average Bonchev–Trinajstić information content (AvgIpc) is 2.64. The van der Waals surface area contributed by atoms with Gasteiger partial charge < -0.3 is 9.47 Å². The summed E-state index contributed by atoms with van der Waals surface area (Å²) in [6.45, 7) is 1.34. The Hall–Kier alpha value is -2.45. The molecular formula is C18H17ClF3NO4. The van der Waals surface area contributed by atoms with Crippen molar-refractivity contribution in [3.05, 3.63) is 58.1 Å². The summed E-state index contributed by atoms with van der Waals surface area (Å²) in [6.07, 6.45) is -5.24. The van der Waals surface area contributed by atoms with E-state index in [1.165, 1.54) is 30.3 Å². The number of nitrogens with zero attached hydrogens (tertiary/aromatic N) is 1. The van der Waals surface area contributed by atoms with Gasteiger partial charge in [-0.15, -0.1) is 0 Å². The van der Waals surface area contributed by atoms with Crippen LogP contribution in [-0.2, 0) is 23.9 Å². The predicted molar refractivity (Wildman–Crippen MR) is 93.3 cm³/mol. The molecule has 0 aliphatic carbocycles. The molecule has 0 aliphatic rings. The number of carbonyl (C=O) groups is 1. The summed E-state index contributed by atoms with van der Waals surface area (Å²) in [5, 5.41) is 10.2. The van der Waals surface area contributed by atoms with Gasteiger partial charge in [0.05, 0.1) is 18.4 Å². The molecule has 0 atom stereocenters. The summed E-state index contributed by atoms with van der Waals surface area (Å²) in [4.78, 5) is 11.5. The van der Waals surface area contributed by atoms with Crippen LogP contribution in [0.1, 0.15) is 23.6 Å². The van der Waals surface area contributed by atoms with E-state index in [1.807, 2.05) is 0 Å². The van der Waals surface area contributed by atoms with Crippen molar-refractivity contribution >= 4 is 23.4 Å². The van der Waals surface area contributed by atoms with Gasteiger partial charge in [-0.1, -0.05) is 30.7 Å². The smallest absolute Gasteiger partial charge is 0.438 e. The number of benzene rings is 2. The highest BCUT2D eigenvalue weighted by Crippen LogP contribution is 2.38. The van der Waals surface area contributed by atoms with Gasteiger partial charge in [-0.2, -0.15) is 18.2 Å². The average molecular weight is 404 g/mol. The van der Waals surface area contributed by atoms with Crippen LogP contribution in [0.25, 0.3) is 0 Å². The van der Waals surface area contributed by atoms with Gasteiger partial charge in [0.1, 0.15) is 12.4 Å². The van der Waals surface area contributed by atoms with E-state index in [1.54, 1.807) is 6.92 Å². The van der Waals surface area contributed by atoms with Crippen LogP contribution in [0.4, 0.5) is 23.7 Å². The van der Waals surface area contributed by atoms with E-state index in [0.717, 1.165) is 13.2 Å². The third kappa shape index (κ3) is 4.84. The van der Waals surface area contributed by atoms with Gasteiger partial charge >= 0.3 is 12.3 Å². The molecule has 1 N–H and O–H groups in total. The number of anilines is 1. The molecule has 2 rings (SSSR count). The lowest BCUT2D eigenvalue weighted by Gasteiger charge is -2.20. The molecular weight excluding hydrogens is 387 g/mol. The molecule has 0 aromatic heterocycles. The zero-order valence-electron chi connectivity index (χ0n) is 14.5. The first-order valence-electron chi connectivity index (χ1n) is 7.86. The highest BCUT2D eigenvalue weighted by Gasteiger charge is 2.34. The van der Waals surface area contributed by atoms with Gasteiger partial charge in [0.15, 0.2) is 0 Å². The molecule has 2 aromatic rings. The first-order valence-corrected chi connectivity index (χ1v) is 8.24. The SMILES string of the molecule is CCc1ccc(OCc2c(Cl)cccc2N(O)C(=O)OC)c(C(F)(F)F)c1. The Morgan fingerprint density at radius 2 is 1.96 bits per heavy atom. The summed E-state index contributed by atoms with van der Waals surface area (Å²) in [7, 11) is 1.07. The zero-order valence-corrected chi connectivity index (χ0v) is 15.3. The quantitative estimate of drug-likeness (QED) is 0.532. The second kappa shape index (κ2) is 8.49. The normalized spacial score (nSPS) is 11.2. The number of rotatable bonds is 5. The lowest BCUT2D eigenvalue weighted by molar-refractivity contribution is -0.139. The molecule has 0 saturated heterocycles. The maximum absolute atomic E-state index is 13.3.